The van der Waals surface area contributed by atoms with Gasteiger partial charge in [0.1, 0.15) is 5.82 Å². The average Bonchev–Trinajstić information content (AvgIpc) is 2.94. The zero-order chi connectivity index (χ0) is 14.8. The number of aliphatic hydroxyl groups is 1. The van der Waals surface area contributed by atoms with E-state index in [1.54, 1.807) is 24.3 Å². The van der Waals surface area contributed by atoms with E-state index in [0.29, 0.717) is 29.2 Å². The van der Waals surface area contributed by atoms with E-state index in [2.05, 4.69) is 0 Å². The highest BCUT2D eigenvalue weighted by molar-refractivity contribution is 5.55. The van der Waals surface area contributed by atoms with Crippen LogP contribution in [0.3, 0.4) is 0 Å². The lowest BCUT2D eigenvalue weighted by atomic mass is 10.0. The molecule has 1 aliphatic heterocycles. The van der Waals surface area contributed by atoms with Crippen LogP contribution in [0, 0.1) is 5.82 Å². The van der Waals surface area contributed by atoms with Gasteiger partial charge in [-0.2, -0.15) is 0 Å². The summed E-state index contributed by atoms with van der Waals surface area (Å²) in [6, 6.07) is 9.60. The molecule has 0 radical (unpaired) electrons. The lowest BCUT2D eigenvalue weighted by Crippen LogP contribution is -2.03. The number of fused-ring (bicyclic) bond motifs is 1. The normalized spacial score (nSPS) is 14.0. The Kier molecular flexibility index (Phi) is 3.66. The van der Waals surface area contributed by atoms with Crippen LogP contribution in [0.2, 0.25) is 0 Å². The van der Waals surface area contributed by atoms with Crippen molar-refractivity contribution in [2.24, 2.45) is 0 Å². The van der Waals surface area contributed by atoms with Crippen molar-refractivity contribution < 1.29 is 23.7 Å². The highest BCUT2D eigenvalue weighted by atomic mass is 19.1. The Morgan fingerprint density at radius 1 is 1.29 bits per heavy atom. The maximum atomic E-state index is 13.2. The second kappa shape index (κ2) is 5.61. The summed E-state index contributed by atoms with van der Waals surface area (Å²) < 4.78 is 29.1. The van der Waals surface area contributed by atoms with E-state index in [4.69, 9.17) is 14.2 Å². The number of aliphatic hydroxyl groups excluding tert-OH is 1. The van der Waals surface area contributed by atoms with E-state index >= 15 is 0 Å². The predicted octanol–water partition coefficient (Wildman–Crippen LogP) is 2.84. The van der Waals surface area contributed by atoms with Crippen LogP contribution in [-0.4, -0.2) is 19.0 Å². The zero-order valence-corrected chi connectivity index (χ0v) is 11.5. The molecule has 0 spiro atoms. The number of ether oxygens (including phenoxy) is 3. The average molecular weight is 290 g/mol. The lowest BCUT2D eigenvalue weighted by molar-refractivity contribution is 0.170. The van der Waals surface area contributed by atoms with Gasteiger partial charge < -0.3 is 19.3 Å². The molecular formula is C16H15FO4. The van der Waals surface area contributed by atoms with Gasteiger partial charge in [0, 0.05) is 6.42 Å². The van der Waals surface area contributed by atoms with E-state index in [9.17, 15) is 9.50 Å². The third-order valence-electron chi connectivity index (χ3n) is 3.38. The molecule has 5 heteroatoms. The van der Waals surface area contributed by atoms with E-state index in [0.717, 1.165) is 5.56 Å². The van der Waals surface area contributed by atoms with Crippen molar-refractivity contribution in [1.82, 2.24) is 0 Å². The molecule has 2 aromatic rings. The van der Waals surface area contributed by atoms with Gasteiger partial charge in [0.2, 0.25) is 12.5 Å². The molecule has 1 N–H and O–H groups in total. The van der Waals surface area contributed by atoms with Crippen molar-refractivity contribution in [3.05, 3.63) is 53.3 Å². The maximum Gasteiger partial charge on any atom is 0.231 e. The molecule has 1 heterocycles. The number of halogens is 1. The van der Waals surface area contributed by atoms with Crippen LogP contribution in [0.1, 0.15) is 17.2 Å². The molecule has 1 unspecified atom stereocenters. The van der Waals surface area contributed by atoms with Crippen molar-refractivity contribution >= 4 is 0 Å². The second-order valence-corrected chi connectivity index (χ2v) is 4.81. The largest absolute Gasteiger partial charge is 0.493 e. The first kappa shape index (κ1) is 13.7. The molecule has 0 bridgehead atoms. The van der Waals surface area contributed by atoms with E-state index in [-0.39, 0.29) is 12.6 Å². The van der Waals surface area contributed by atoms with E-state index in [1.807, 2.05) is 0 Å². The molecule has 110 valence electrons. The number of benzene rings is 2. The smallest absolute Gasteiger partial charge is 0.231 e. The minimum atomic E-state index is -0.782. The minimum absolute atomic E-state index is 0.134. The summed E-state index contributed by atoms with van der Waals surface area (Å²) in [6.07, 6.45) is -0.476. The van der Waals surface area contributed by atoms with Crippen LogP contribution in [0.15, 0.2) is 36.4 Å². The molecular weight excluding hydrogens is 275 g/mol. The topological polar surface area (TPSA) is 47.9 Å². The molecule has 0 aromatic heterocycles. The lowest BCUT2D eigenvalue weighted by Gasteiger charge is -2.14. The monoisotopic (exact) mass is 290 g/mol. The van der Waals surface area contributed by atoms with Gasteiger partial charge in [0.15, 0.2) is 11.5 Å². The van der Waals surface area contributed by atoms with E-state index in [1.165, 1.54) is 19.2 Å². The summed E-state index contributed by atoms with van der Waals surface area (Å²) in [4.78, 5) is 0. The van der Waals surface area contributed by atoms with Crippen molar-refractivity contribution in [3.63, 3.8) is 0 Å². The fourth-order valence-corrected chi connectivity index (χ4v) is 2.35. The first-order valence-electron chi connectivity index (χ1n) is 6.57. The highest BCUT2D eigenvalue weighted by Crippen LogP contribution is 2.43. The van der Waals surface area contributed by atoms with Crippen LogP contribution in [0.4, 0.5) is 4.39 Å². The Balaban J connectivity index is 1.86. The highest BCUT2D eigenvalue weighted by Gasteiger charge is 2.22. The fraction of sp³-hybridized carbons (Fsp3) is 0.250. The minimum Gasteiger partial charge on any atom is -0.493 e. The van der Waals surface area contributed by atoms with Crippen molar-refractivity contribution in [2.45, 2.75) is 12.5 Å². The summed E-state index contributed by atoms with van der Waals surface area (Å²) in [7, 11) is 1.53. The Hall–Kier alpha value is -2.27. The molecule has 0 aliphatic carbocycles. The summed E-state index contributed by atoms with van der Waals surface area (Å²) in [5, 5.41) is 10.3. The zero-order valence-electron chi connectivity index (χ0n) is 11.5. The molecule has 0 saturated carbocycles. The van der Waals surface area contributed by atoms with Gasteiger partial charge >= 0.3 is 0 Å². The molecule has 1 atom stereocenters. The predicted molar refractivity (Wildman–Crippen MR) is 74.2 cm³/mol. The number of hydrogen-bond donors (Lipinski definition) is 1. The number of hydrogen-bond acceptors (Lipinski definition) is 4. The van der Waals surface area contributed by atoms with E-state index < -0.39 is 6.10 Å². The molecule has 2 aromatic carbocycles. The van der Waals surface area contributed by atoms with Gasteiger partial charge in [-0.15, -0.1) is 0 Å². The van der Waals surface area contributed by atoms with Crippen LogP contribution in [-0.2, 0) is 6.42 Å². The fourth-order valence-electron chi connectivity index (χ4n) is 2.35. The molecule has 0 fully saturated rings. The molecule has 0 amide bonds. The van der Waals surface area contributed by atoms with Crippen LogP contribution >= 0.6 is 0 Å². The van der Waals surface area contributed by atoms with Crippen LogP contribution < -0.4 is 14.2 Å². The van der Waals surface area contributed by atoms with Gasteiger partial charge in [-0.05, 0) is 35.4 Å². The number of rotatable bonds is 4. The molecule has 0 saturated heterocycles. The molecule has 3 rings (SSSR count). The van der Waals surface area contributed by atoms with Gasteiger partial charge in [0.05, 0.1) is 13.2 Å². The van der Waals surface area contributed by atoms with Gasteiger partial charge in [-0.1, -0.05) is 12.1 Å². The van der Waals surface area contributed by atoms with Crippen LogP contribution in [0.25, 0.3) is 0 Å². The van der Waals surface area contributed by atoms with Crippen molar-refractivity contribution in [1.29, 1.82) is 0 Å². The van der Waals surface area contributed by atoms with Crippen LogP contribution in [0.5, 0.6) is 17.2 Å². The summed E-state index contributed by atoms with van der Waals surface area (Å²) in [5.74, 6) is 1.28. The Labute approximate surface area is 121 Å². The quantitative estimate of drug-likeness (QED) is 0.940. The maximum absolute atomic E-state index is 13.2. The van der Waals surface area contributed by atoms with Crippen molar-refractivity contribution in [2.75, 3.05) is 13.9 Å². The molecule has 21 heavy (non-hydrogen) atoms. The Morgan fingerprint density at radius 2 is 2.14 bits per heavy atom. The van der Waals surface area contributed by atoms with Gasteiger partial charge in [0.25, 0.3) is 0 Å². The Bertz CT molecular complexity index is 657. The Morgan fingerprint density at radius 3 is 2.90 bits per heavy atom. The first-order valence-corrected chi connectivity index (χ1v) is 6.57. The second-order valence-electron chi connectivity index (χ2n) is 4.81. The third-order valence-corrected chi connectivity index (χ3v) is 3.38. The van der Waals surface area contributed by atoms with Crippen molar-refractivity contribution in [3.8, 4) is 17.2 Å². The van der Waals surface area contributed by atoms with Gasteiger partial charge in [-0.25, -0.2) is 4.39 Å². The molecule has 4 nitrogen and oxygen atoms in total. The number of methoxy groups -OCH3 is 1. The molecule has 1 aliphatic rings. The van der Waals surface area contributed by atoms with Gasteiger partial charge in [-0.3, -0.25) is 0 Å². The summed E-state index contributed by atoms with van der Waals surface area (Å²) in [5.41, 5.74) is 1.36. The summed E-state index contributed by atoms with van der Waals surface area (Å²) in [6.45, 7) is 0.134. The SMILES string of the molecule is COc1cc(C(O)Cc2cccc(F)c2)cc2c1OCO2. The third kappa shape index (κ3) is 2.78. The first-order chi connectivity index (χ1) is 10.2. The summed E-state index contributed by atoms with van der Waals surface area (Å²) >= 11 is 0. The standard InChI is InChI=1S/C16H15FO4/c1-19-14-7-11(8-15-16(14)21-9-20-15)13(18)6-10-3-2-4-12(17)5-10/h2-5,7-8,13,18H,6,9H2,1H3.